The smallest absolute Gasteiger partial charge is 0.213 e. The number of nitrogens with zero attached hydrogens (tertiary/aromatic N) is 1. The monoisotopic (exact) mass is 270 g/mol. The molecular formula is C11H15BrN2O. The summed E-state index contributed by atoms with van der Waals surface area (Å²) in [6.07, 6.45) is 6.24. The Balaban J connectivity index is 1.89. The van der Waals surface area contributed by atoms with Crippen molar-refractivity contribution >= 4 is 15.9 Å². The van der Waals surface area contributed by atoms with Gasteiger partial charge in [0.2, 0.25) is 5.88 Å². The van der Waals surface area contributed by atoms with Crippen molar-refractivity contribution in [1.29, 1.82) is 0 Å². The summed E-state index contributed by atoms with van der Waals surface area (Å²) in [4.78, 5) is 4.19. The van der Waals surface area contributed by atoms with Crippen LogP contribution in [0, 0.1) is 0 Å². The molecule has 0 radical (unpaired) electrons. The second-order valence-corrected chi connectivity index (χ2v) is 4.88. The number of hydrogen-bond acceptors (Lipinski definition) is 3. The van der Waals surface area contributed by atoms with Crippen LogP contribution in [0.2, 0.25) is 0 Å². The van der Waals surface area contributed by atoms with Gasteiger partial charge in [-0.2, -0.15) is 0 Å². The van der Waals surface area contributed by atoms with Crippen LogP contribution in [-0.4, -0.2) is 17.1 Å². The maximum absolute atomic E-state index is 5.83. The van der Waals surface area contributed by atoms with Crippen molar-refractivity contribution in [3.05, 3.63) is 22.8 Å². The van der Waals surface area contributed by atoms with Gasteiger partial charge in [-0.25, -0.2) is 4.98 Å². The van der Waals surface area contributed by atoms with E-state index in [9.17, 15) is 0 Å². The van der Waals surface area contributed by atoms with Gasteiger partial charge in [-0.15, -0.1) is 0 Å². The quantitative estimate of drug-likeness (QED) is 0.899. The molecule has 82 valence electrons. The second-order valence-electron chi connectivity index (χ2n) is 3.97. The van der Waals surface area contributed by atoms with E-state index >= 15 is 0 Å². The molecule has 15 heavy (non-hydrogen) atoms. The summed E-state index contributed by atoms with van der Waals surface area (Å²) in [5.74, 6) is 0.707. The molecule has 1 saturated carbocycles. The van der Waals surface area contributed by atoms with Crippen LogP contribution in [0.1, 0.15) is 25.7 Å². The molecule has 0 atom stereocenters. The van der Waals surface area contributed by atoms with Crippen molar-refractivity contribution in [1.82, 2.24) is 4.98 Å². The van der Waals surface area contributed by atoms with Gasteiger partial charge in [-0.05, 0) is 47.7 Å². The van der Waals surface area contributed by atoms with E-state index in [1.165, 1.54) is 0 Å². The topological polar surface area (TPSA) is 48.1 Å². The minimum atomic E-state index is 0.290. The van der Waals surface area contributed by atoms with Crippen LogP contribution in [0.3, 0.4) is 0 Å². The first-order valence-corrected chi connectivity index (χ1v) is 6.07. The third-order valence-corrected chi connectivity index (χ3v) is 3.18. The van der Waals surface area contributed by atoms with Gasteiger partial charge in [0.1, 0.15) is 6.10 Å². The van der Waals surface area contributed by atoms with Crippen LogP contribution in [0.15, 0.2) is 22.8 Å². The van der Waals surface area contributed by atoms with Crippen LogP contribution >= 0.6 is 15.9 Å². The fourth-order valence-corrected chi connectivity index (χ4v) is 2.04. The minimum absolute atomic E-state index is 0.290. The molecule has 1 heterocycles. The highest BCUT2D eigenvalue weighted by Gasteiger charge is 2.19. The predicted molar refractivity (Wildman–Crippen MR) is 62.8 cm³/mol. The fraction of sp³-hybridized carbons (Fsp3) is 0.545. The third kappa shape index (κ3) is 3.18. The summed E-state index contributed by atoms with van der Waals surface area (Å²) in [5.41, 5.74) is 5.83. The SMILES string of the molecule is NC1CCC(Oc2ccc(Br)cn2)CC1. The molecule has 2 N–H and O–H groups in total. The summed E-state index contributed by atoms with van der Waals surface area (Å²) in [5, 5.41) is 0. The molecule has 4 heteroatoms. The first kappa shape index (κ1) is 10.9. The van der Waals surface area contributed by atoms with E-state index < -0.39 is 0 Å². The van der Waals surface area contributed by atoms with Crippen molar-refractivity contribution in [2.24, 2.45) is 5.73 Å². The second kappa shape index (κ2) is 4.94. The van der Waals surface area contributed by atoms with Crippen molar-refractivity contribution in [3.63, 3.8) is 0 Å². The summed E-state index contributed by atoms with van der Waals surface area (Å²) >= 11 is 3.34. The Morgan fingerprint density at radius 2 is 2.00 bits per heavy atom. The lowest BCUT2D eigenvalue weighted by Crippen LogP contribution is -2.31. The molecule has 0 saturated heterocycles. The number of nitrogens with two attached hydrogens (primary N) is 1. The van der Waals surface area contributed by atoms with Gasteiger partial charge in [0.25, 0.3) is 0 Å². The summed E-state index contributed by atoms with van der Waals surface area (Å²) in [6.45, 7) is 0. The first-order chi connectivity index (χ1) is 7.24. The van der Waals surface area contributed by atoms with E-state index in [4.69, 9.17) is 10.5 Å². The zero-order valence-electron chi connectivity index (χ0n) is 8.53. The Bertz CT molecular complexity index is 307. The highest BCUT2D eigenvalue weighted by Crippen LogP contribution is 2.22. The molecular weight excluding hydrogens is 256 g/mol. The van der Waals surface area contributed by atoms with Gasteiger partial charge < -0.3 is 10.5 Å². The zero-order chi connectivity index (χ0) is 10.7. The van der Waals surface area contributed by atoms with E-state index in [0.717, 1.165) is 30.2 Å². The van der Waals surface area contributed by atoms with Crippen molar-refractivity contribution in [3.8, 4) is 5.88 Å². The molecule has 0 bridgehead atoms. The van der Waals surface area contributed by atoms with Crippen LogP contribution in [-0.2, 0) is 0 Å². The highest BCUT2D eigenvalue weighted by atomic mass is 79.9. The number of pyridine rings is 1. The molecule has 0 spiro atoms. The van der Waals surface area contributed by atoms with Crippen molar-refractivity contribution in [2.75, 3.05) is 0 Å². The first-order valence-electron chi connectivity index (χ1n) is 5.28. The Morgan fingerprint density at radius 3 is 2.60 bits per heavy atom. The molecule has 0 unspecified atom stereocenters. The van der Waals surface area contributed by atoms with Crippen molar-refractivity contribution in [2.45, 2.75) is 37.8 Å². The third-order valence-electron chi connectivity index (χ3n) is 2.71. The van der Waals surface area contributed by atoms with Crippen LogP contribution in [0.25, 0.3) is 0 Å². The molecule has 3 nitrogen and oxygen atoms in total. The Kier molecular flexibility index (Phi) is 3.59. The molecule has 1 fully saturated rings. The van der Waals surface area contributed by atoms with E-state index in [-0.39, 0.29) is 0 Å². The molecule has 0 aliphatic heterocycles. The number of rotatable bonds is 2. The lowest BCUT2D eigenvalue weighted by atomic mass is 9.94. The van der Waals surface area contributed by atoms with Gasteiger partial charge >= 0.3 is 0 Å². The molecule has 1 aromatic rings. The molecule has 0 amide bonds. The normalized spacial score (nSPS) is 26.3. The number of aromatic nitrogens is 1. The highest BCUT2D eigenvalue weighted by molar-refractivity contribution is 9.10. The largest absolute Gasteiger partial charge is 0.474 e. The number of ether oxygens (including phenoxy) is 1. The van der Waals surface area contributed by atoms with Crippen LogP contribution in [0.4, 0.5) is 0 Å². The lowest BCUT2D eigenvalue weighted by molar-refractivity contribution is 0.141. The van der Waals surface area contributed by atoms with Gasteiger partial charge in [-0.1, -0.05) is 0 Å². The minimum Gasteiger partial charge on any atom is -0.474 e. The molecule has 1 aromatic heterocycles. The molecule has 1 aliphatic carbocycles. The number of halogens is 1. The van der Waals surface area contributed by atoms with E-state index in [2.05, 4.69) is 20.9 Å². The van der Waals surface area contributed by atoms with E-state index in [1.807, 2.05) is 12.1 Å². The summed E-state index contributed by atoms with van der Waals surface area (Å²) in [6, 6.07) is 4.19. The van der Waals surface area contributed by atoms with Gasteiger partial charge in [0.05, 0.1) is 0 Å². The standard InChI is InChI=1S/C11H15BrN2O/c12-8-1-6-11(14-7-8)15-10-4-2-9(13)3-5-10/h1,6-7,9-10H,2-5,13H2. The van der Waals surface area contributed by atoms with Crippen molar-refractivity contribution < 1.29 is 4.74 Å². The Hall–Kier alpha value is -0.610. The molecule has 0 aromatic carbocycles. The van der Waals surface area contributed by atoms with Gasteiger partial charge in [0, 0.05) is 22.8 Å². The summed E-state index contributed by atoms with van der Waals surface area (Å²) in [7, 11) is 0. The van der Waals surface area contributed by atoms with E-state index in [0.29, 0.717) is 18.0 Å². The predicted octanol–water partition coefficient (Wildman–Crippen LogP) is 2.49. The maximum atomic E-state index is 5.83. The fourth-order valence-electron chi connectivity index (χ4n) is 1.81. The maximum Gasteiger partial charge on any atom is 0.213 e. The van der Waals surface area contributed by atoms with E-state index in [1.54, 1.807) is 6.20 Å². The molecule has 2 rings (SSSR count). The zero-order valence-corrected chi connectivity index (χ0v) is 10.1. The Morgan fingerprint density at radius 1 is 1.27 bits per heavy atom. The van der Waals surface area contributed by atoms with Gasteiger partial charge in [0.15, 0.2) is 0 Å². The average molecular weight is 271 g/mol. The van der Waals surface area contributed by atoms with Crippen LogP contribution in [0.5, 0.6) is 5.88 Å². The number of hydrogen-bond donors (Lipinski definition) is 1. The average Bonchev–Trinajstić information content (AvgIpc) is 2.25. The van der Waals surface area contributed by atoms with Crippen LogP contribution < -0.4 is 10.5 Å². The van der Waals surface area contributed by atoms with Gasteiger partial charge in [-0.3, -0.25) is 0 Å². The Labute approximate surface area is 98.2 Å². The lowest BCUT2D eigenvalue weighted by Gasteiger charge is -2.26. The summed E-state index contributed by atoms with van der Waals surface area (Å²) < 4.78 is 6.74. The molecule has 1 aliphatic rings.